The van der Waals surface area contributed by atoms with Crippen LogP contribution in [0.4, 0.5) is 58.4 Å². The van der Waals surface area contributed by atoms with E-state index in [4.69, 9.17) is 5.73 Å². The standard InChI is InChI=1S/C32H5F12N9.Zn/c33-13-7-9(15(35)21(41)19(13)39)29-49-27(7)47-25-5-2-1-4(45)3-6(5)26(46-25)48-28-8-10(16(36)22(42)20(40)14(8)34)30(50-28)52-32-12-11(31(51-29)53-32)17(37)23(43)24(44)18(12)38;/h1-3H,45H2;/q-2;+2. The SMILES string of the molecule is Nc1ccc2c3nc4nc(nc5[n-]c(nc6nc(nc([n-]3)c2c1)-c1c(F)c(F)c(F)c(F)c1-6)c1c(F)c(F)c(F)c(F)c51)-c1c(F)c(F)c(F)c(F)c1-4.[Zn+2]. The Morgan fingerprint density at radius 1 is 0.370 bits per heavy atom. The van der Waals surface area contributed by atoms with Crippen LogP contribution in [-0.4, -0.2) is 29.9 Å². The first-order valence-corrected chi connectivity index (χ1v) is 14.4. The molecule has 54 heavy (non-hydrogen) atoms. The third-order valence-electron chi connectivity index (χ3n) is 8.36. The molecule has 0 atom stereocenters. The number of fused-ring (bicyclic) bond motifs is 20. The number of benzene rings is 4. The Morgan fingerprint density at radius 3 is 1.07 bits per heavy atom. The van der Waals surface area contributed by atoms with Gasteiger partial charge in [0.15, 0.2) is 69.8 Å². The van der Waals surface area contributed by atoms with Crippen LogP contribution >= 0.6 is 0 Å². The van der Waals surface area contributed by atoms with Crippen molar-refractivity contribution >= 4 is 49.8 Å². The van der Waals surface area contributed by atoms with E-state index < -0.39 is 149 Å². The molecular weight excluding hydrogens is 804 g/mol. The van der Waals surface area contributed by atoms with E-state index in [0.29, 0.717) is 0 Å². The molecule has 0 unspecified atom stereocenters. The van der Waals surface area contributed by atoms with Gasteiger partial charge in [-0.3, -0.25) is 0 Å². The van der Waals surface area contributed by atoms with Gasteiger partial charge in [0.05, 0.1) is 45.6 Å². The molecule has 9 nitrogen and oxygen atoms in total. The predicted molar refractivity (Wildman–Crippen MR) is 158 cm³/mol. The Morgan fingerprint density at radius 2 is 0.685 bits per heavy atom. The molecule has 7 aromatic rings. The fourth-order valence-electron chi connectivity index (χ4n) is 6.01. The minimum atomic E-state index is -2.44. The molecular formula is C32H5F12N9Zn. The molecule has 2 aliphatic rings. The first-order chi connectivity index (χ1) is 25.2. The molecule has 9 rings (SSSR count). The molecule has 0 spiro atoms. The number of nitrogen functional groups attached to an aromatic ring is 1. The topological polar surface area (TPSA) is 132 Å². The van der Waals surface area contributed by atoms with Crippen LogP contribution in [-0.2, 0) is 19.5 Å². The molecule has 0 aliphatic carbocycles. The number of hydrogen-bond acceptors (Lipinski definition) is 7. The van der Waals surface area contributed by atoms with Gasteiger partial charge in [0, 0.05) is 39.0 Å². The second-order valence-electron chi connectivity index (χ2n) is 11.3. The first-order valence-electron chi connectivity index (χ1n) is 14.4. The second kappa shape index (κ2) is 11.7. The molecule has 0 fully saturated rings. The number of nitrogens with zero attached hydrogens (tertiary/aromatic N) is 8. The van der Waals surface area contributed by atoms with Gasteiger partial charge in [-0.25, -0.2) is 62.7 Å². The van der Waals surface area contributed by atoms with Crippen molar-refractivity contribution in [2.45, 2.75) is 0 Å². The van der Waals surface area contributed by atoms with E-state index in [1.54, 1.807) is 0 Å². The maximum atomic E-state index is 15.4. The average Bonchev–Trinajstić information content (AvgIpc) is 3.87. The molecule has 5 heterocycles. The molecule has 0 radical (unpaired) electrons. The molecule has 22 heteroatoms. The maximum Gasteiger partial charge on any atom is 2.00 e. The fraction of sp³-hybridized carbons (Fsp3) is 0. The van der Waals surface area contributed by atoms with E-state index in [9.17, 15) is 26.3 Å². The van der Waals surface area contributed by atoms with Crippen molar-refractivity contribution in [3.63, 3.8) is 0 Å². The summed E-state index contributed by atoms with van der Waals surface area (Å²) < 4.78 is 180. The van der Waals surface area contributed by atoms with Crippen molar-refractivity contribution in [2.24, 2.45) is 0 Å². The monoisotopic (exact) mass is 807 g/mol. The zero-order valence-corrected chi connectivity index (χ0v) is 28.6. The average molecular weight is 809 g/mol. The normalized spacial score (nSPS) is 12.0. The van der Waals surface area contributed by atoms with Crippen LogP contribution in [0.5, 0.6) is 0 Å². The smallest absolute Gasteiger partial charge is 0.399 e. The summed E-state index contributed by atoms with van der Waals surface area (Å²) >= 11 is 0. The number of anilines is 1. The van der Waals surface area contributed by atoms with Crippen molar-refractivity contribution in [2.75, 3.05) is 5.73 Å². The number of halogens is 12. The van der Waals surface area contributed by atoms with Crippen LogP contribution in [0, 0.1) is 69.8 Å². The van der Waals surface area contributed by atoms with Gasteiger partial charge in [-0.05, 0) is 22.9 Å². The molecule has 3 aromatic heterocycles. The molecule has 0 amide bonds. The Balaban J connectivity index is 0.00000413. The summed E-state index contributed by atoms with van der Waals surface area (Å²) in [5.74, 6) is -31.2. The van der Waals surface area contributed by atoms with E-state index in [1.165, 1.54) is 18.2 Å². The first kappa shape index (κ1) is 34.9. The summed E-state index contributed by atoms with van der Waals surface area (Å²) in [4.78, 5) is 30.9. The number of rotatable bonds is 0. The van der Waals surface area contributed by atoms with Gasteiger partial charge in [0.2, 0.25) is 0 Å². The van der Waals surface area contributed by atoms with Gasteiger partial charge in [-0.15, -0.1) is 0 Å². The van der Waals surface area contributed by atoms with Crippen molar-refractivity contribution < 1.29 is 72.2 Å². The van der Waals surface area contributed by atoms with Gasteiger partial charge in [-0.1, -0.05) is 6.07 Å². The van der Waals surface area contributed by atoms with Crippen molar-refractivity contribution in [3.8, 4) is 45.6 Å². The largest absolute Gasteiger partial charge is 2.00 e. The summed E-state index contributed by atoms with van der Waals surface area (Å²) in [6, 6.07) is 3.80. The third kappa shape index (κ3) is 4.51. The molecule has 4 aromatic carbocycles. The van der Waals surface area contributed by atoms with E-state index in [-0.39, 0.29) is 35.9 Å². The summed E-state index contributed by atoms with van der Waals surface area (Å²) in [5.41, 5.74) is -2.35. The summed E-state index contributed by atoms with van der Waals surface area (Å²) in [6.45, 7) is 0. The Hall–Kier alpha value is -6.18. The van der Waals surface area contributed by atoms with Crippen LogP contribution in [0.2, 0.25) is 0 Å². The molecule has 0 saturated carbocycles. The number of nitrogens with two attached hydrogens (primary N) is 1. The van der Waals surface area contributed by atoms with E-state index in [2.05, 4.69) is 39.9 Å². The molecule has 8 bridgehead atoms. The van der Waals surface area contributed by atoms with E-state index >= 15 is 26.3 Å². The van der Waals surface area contributed by atoms with Crippen LogP contribution in [0.3, 0.4) is 0 Å². The third-order valence-corrected chi connectivity index (χ3v) is 8.36. The Kier molecular flexibility index (Phi) is 7.53. The predicted octanol–water partition coefficient (Wildman–Crippen LogP) is 7.38. The van der Waals surface area contributed by atoms with Gasteiger partial charge >= 0.3 is 19.5 Å². The van der Waals surface area contributed by atoms with Crippen LogP contribution < -0.4 is 15.7 Å². The fourth-order valence-corrected chi connectivity index (χ4v) is 6.01. The minimum absolute atomic E-state index is 0. The van der Waals surface area contributed by atoms with Crippen LogP contribution in [0.25, 0.3) is 89.7 Å². The molecule has 2 N–H and O–H groups in total. The molecule has 264 valence electrons. The second-order valence-corrected chi connectivity index (χ2v) is 11.3. The number of aromatic nitrogens is 8. The van der Waals surface area contributed by atoms with Crippen LogP contribution in [0.15, 0.2) is 18.2 Å². The summed E-state index contributed by atoms with van der Waals surface area (Å²) in [7, 11) is 0. The van der Waals surface area contributed by atoms with Gasteiger partial charge in [-0.2, -0.15) is 0 Å². The molecule has 2 aliphatic heterocycles. The Labute approximate surface area is 300 Å². The molecule has 0 saturated heterocycles. The van der Waals surface area contributed by atoms with Crippen molar-refractivity contribution in [1.29, 1.82) is 0 Å². The van der Waals surface area contributed by atoms with Gasteiger partial charge in [0.1, 0.15) is 0 Å². The van der Waals surface area contributed by atoms with E-state index in [0.717, 1.165) is 0 Å². The van der Waals surface area contributed by atoms with Crippen molar-refractivity contribution in [3.05, 3.63) is 88.0 Å². The van der Waals surface area contributed by atoms with Gasteiger partial charge in [0.25, 0.3) is 0 Å². The zero-order chi connectivity index (χ0) is 37.5. The summed E-state index contributed by atoms with van der Waals surface area (Å²) in [5, 5.41) is -2.81. The van der Waals surface area contributed by atoms with Crippen molar-refractivity contribution in [1.82, 2.24) is 39.9 Å². The number of hydrogen-bond donors (Lipinski definition) is 1. The Bertz CT molecular complexity index is 3080. The summed E-state index contributed by atoms with van der Waals surface area (Å²) in [6.07, 6.45) is 0. The van der Waals surface area contributed by atoms with E-state index in [1.807, 2.05) is 0 Å². The maximum absolute atomic E-state index is 15.4. The zero-order valence-electron chi connectivity index (χ0n) is 25.6. The minimum Gasteiger partial charge on any atom is -0.399 e. The van der Waals surface area contributed by atoms with Gasteiger partial charge < -0.3 is 35.6 Å². The quantitative estimate of drug-likeness (QED) is 0.0549. The van der Waals surface area contributed by atoms with Crippen LogP contribution in [0.1, 0.15) is 0 Å².